The molecule has 0 aliphatic carbocycles. The van der Waals surface area contributed by atoms with E-state index in [0.717, 1.165) is 13.0 Å². The zero-order chi connectivity index (χ0) is 10.3. The van der Waals surface area contributed by atoms with Crippen LogP contribution in [0, 0.1) is 0 Å². The summed E-state index contributed by atoms with van der Waals surface area (Å²) >= 11 is 1.75. The molecule has 2 heterocycles. The van der Waals surface area contributed by atoms with E-state index < -0.39 is 0 Å². The number of thiophene rings is 1. The van der Waals surface area contributed by atoms with Crippen LogP contribution in [0.15, 0.2) is 11.4 Å². The highest BCUT2D eigenvalue weighted by atomic mass is 32.1. The average molecular weight is 209 g/mol. The molecule has 1 aliphatic heterocycles. The molecular weight excluding hydrogens is 194 g/mol. The zero-order valence-corrected chi connectivity index (χ0v) is 9.65. The maximum Gasteiger partial charge on any atom is 0.220 e. The average Bonchev–Trinajstić information content (AvgIpc) is 2.46. The van der Waals surface area contributed by atoms with Crippen LogP contribution < -0.4 is 0 Å². The highest BCUT2D eigenvalue weighted by Crippen LogP contribution is 2.33. The third kappa shape index (κ3) is 1.46. The van der Waals surface area contributed by atoms with Crippen molar-refractivity contribution < 1.29 is 4.79 Å². The first-order chi connectivity index (χ1) is 6.50. The molecule has 1 aliphatic rings. The lowest BCUT2D eigenvalue weighted by Gasteiger charge is -2.41. The van der Waals surface area contributed by atoms with Crippen molar-refractivity contribution in [3.05, 3.63) is 21.9 Å². The fraction of sp³-hybridized carbons (Fsp3) is 0.545. The first-order valence-electron chi connectivity index (χ1n) is 4.84. The summed E-state index contributed by atoms with van der Waals surface area (Å²) in [4.78, 5) is 14.8. The number of fused-ring (bicyclic) bond motifs is 1. The van der Waals surface area contributed by atoms with Crippen molar-refractivity contribution in [3.8, 4) is 0 Å². The van der Waals surface area contributed by atoms with E-state index in [0.29, 0.717) is 0 Å². The van der Waals surface area contributed by atoms with Gasteiger partial charge in [0.15, 0.2) is 0 Å². The lowest BCUT2D eigenvalue weighted by molar-refractivity contribution is -0.135. The van der Waals surface area contributed by atoms with Gasteiger partial charge in [0.1, 0.15) is 0 Å². The minimum absolute atomic E-state index is 0.0279. The van der Waals surface area contributed by atoms with Crippen molar-refractivity contribution >= 4 is 17.2 Å². The van der Waals surface area contributed by atoms with Crippen molar-refractivity contribution in [1.82, 2.24) is 4.90 Å². The Kier molecular flexibility index (Phi) is 2.14. The highest BCUT2D eigenvalue weighted by Gasteiger charge is 2.34. The Morgan fingerprint density at radius 3 is 2.93 bits per heavy atom. The van der Waals surface area contributed by atoms with Crippen LogP contribution in [0.2, 0.25) is 0 Å². The van der Waals surface area contributed by atoms with E-state index in [-0.39, 0.29) is 11.4 Å². The molecule has 14 heavy (non-hydrogen) atoms. The van der Waals surface area contributed by atoms with Gasteiger partial charge in [-0.25, -0.2) is 0 Å². The Morgan fingerprint density at radius 2 is 2.29 bits per heavy atom. The Labute approximate surface area is 88.5 Å². The molecule has 3 heteroatoms. The summed E-state index contributed by atoms with van der Waals surface area (Å²) in [6.07, 6.45) is 0.978. The summed E-state index contributed by atoms with van der Waals surface area (Å²) in [6.45, 7) is 6.71. The quantitative estimate of drug-likeness (QED) is 0.642. The molecule has 76 valence electrons. The minimum atomic E-state index is -0.0279. The predicted molar refractivity (Wildman–Crippen MR) is 58.3 cm³/mol. The third-order valence-corrected chi connectivity index (χ3v) is 3.82. The largest absolute Gasteiger partial charge is 0.332 e. The van der Waals surface area contributed by atoms with Crippen molar-refractivity contribution in [3.63, 3.8) is 0 Å². The zero-order valence-electron chi connectivity index (χ0n) is 8.83. The van der Waals surface area contributed by atoms with Gasteiger partial charge < -0.3 is 4.90 Å². The number of carbonyl (C=O) groups excluding carboxylic acids is 1. The van der Waals surface area contributed by atoms with Crippen LogP contribution in [0.25, 0.3) is 0 Å². The lowest BCUT2D eigenvalue weighted by atomic mass is 9.89. The summed E-state index contributed by atoms with van der Waals surface area (Å²) in [5.74, 6) is 0.175. The van der Waals surface area contributed by atoms with Gasteiger partial charge >= 0.3 is 0 Å². The van der Waals surface area contributed by atoms with E-state index in [1.54, 1.807) is 18.3 Å². The first-order valence-corrected chi connectivity index (χ1v) is 5.72. The van der Waals surface area contributed by atoms with Gasteiger partial charge in [0.2, 0.25) is 5.91 Å². The number of amides is 1. The van der Waals surface area contributed by atoms with Crippen molar-refractivity contribution in [2.24, 2.45) is 0 Å². The molecule has 0 radical (unpaired) electrons. The summed E-state index contributed by atoms with van der Waals surface area (Å²) in [5.41, 5.74) is 1.39. The molecule has 0 bridgehead atoms. The number of hydrogen-bond acceptors (Lipinski definition) is 2. The molecule has 1 amide bonds. The second-order valence-electron chi connectivity index (χ2n) is 4.46. The highest BCUT2D eigenvalue weighted by molar-refractivity contribution is 7.10. The SMILES string of the molecule is CC(=O)N1Cc2sccc2CC1(C)C. The molecular formula is C11H15NOS. The van der Waals surface area contributed by atoms with Gasteiger partial charge in [-0.15, -0.1) is 11.3 Å². The van der Waals surface area contributed by atoms with E-state index in [1.807, 2.05) is 4.90 Å². The normalized spacial score (nSPS) is 19.2. The molecule has 0 fully saturated rings. The van der Waals surface area contributed by atoms with E-state index in [2.05, 4.69) is 25.3 Å². The fourth-order valence-corrected chi connectivity index (χ4v) is 3.01. The van der Waals surface area contributed by atoms with E-state index in [1.165, 1.54) is 10.4 Å². The Morgan fingerprint density at radius 1 is 1.57 bits per heavy atom. The molecule has 1 aromatic rings. The molecule has 0 saturated heterocycles. The van der Waals surface area contributed by atoms with Crippen molar-refractivity contribution in [2.45, 2.75) is 39.3 Å². The van der Waals surface area contributed by atoms with Crippen LogP contribution in [-0.2, 0) is 17.8 Å². The van der Waals surface area contributed by atoms with E-state index in [4.69, 9.17) is 0 Å². The number of carbonyl (C=O) groups is 1. The molecule has 0 atom stereocenters. The van der Waals surface area contributed by atoms with Crippen molar-refractivity contribution in [2.75, 3.05) is 0 Å². The third-order valence-electron chi connectivity index (χ3n) is 2.87. The number of nitrogens with zero attached hydrogens (tertiary/aromatic N) is 1. The van der Waals surface area contributed by atoms with Gasteiger partial charge in [0.25, 0.3) is 0 Å². The summed E-state index contributed by atoms with van der Waals surface area (Å²) < 4.78 is 0. The maximum atomic E-state index is 11.5. The molecule has 1 aromatic heterocycles. The molecule has 0 aromatic carbocycles. The smallest absolute Gasteiger partial charge is 0.220 e. The van der Waals surface area contributed by atoms with Gasteiger partial charge in [0.05, 0.1) is 6.54 Å². The number of rotatable bonds is 0. The van der Waals surface area contributed by atoms with Gasteiger partial charge in [-0.05, 0) is 37.3 Å². The monoisotopic (exact) mass is 209 g/mol. The second kappa shape index (κ2) is 3.09. The Hall–Kier alpha value is -0.830. The minimum Gasteiger partial charge on any atom is -0.332 e. The molecule has 0 unspecified atom stereocenters. The van der Waals surface area contributed by atoms with Gasteiger partial charge in [-0.1, -0.05) is 0 Å². The molecule has 0 spiro atoms. The predicted octanol–water partition coefficient (Wildman–Crippen LogP) is 2.43. The second-order valence-corrected chi connectivity index (χ2v) is 5.46. The van der Waals surface area contributed by atoms with Crippen LogP contribution in [0.1, 0.15) is 31.2 Å². The molecule has 2 nitrogen and oxygen atoms in total. The van der Waals surface area contributed by atoms with Crippen molar-refractivity contribution in [1.29, 1.82) is 0 Å². The fourth-order valence-electron chi connectivity index (χ4n) is 2.12. The maximum absolute atomic E-state index is 11.5. The molecule has 0 N–H and O–H groups in total. The summed E-state index contributed by atoms with van der Waals surface area (Å²) in [6, 6.07) is 2.18. The van der Waals surface area contributed by atoms with Crippen LogP contribution >= 0.6 is 11.3 Å². The van der Waals surface area contributed by atoms with Gasteiger partial charge in [-0.3, -0.25) is 4.79 Å². The van der Waals surface area contributed by atoms with E-state index in [9.17, 15) is 4.79 Å². The Balaban J connectivity index is 2.37. The summed E-state index contributed by atoms with van der Waals surface area (Å²) in [7, 11) is 0. The van der Waals surface area contributed by atoms with Gasteiger partial charge in [-0.2, -0.15) is 0 Å². The Bertz CT molecular complexity index is 367. The van der Waals surface area contributed by atoms with Crippen LogP contribution in [0.3, 0.4) is 0 Å². The van der Waals surface area contributed by atoms with E-state index >= 15 is 0 Å². The van der Waals surface area contributed by atoms with Crippen LogP contribution in [-0.4, -0.2) is 16.3 Å². The molecule has 2 rings (SSSR count). The lowest BCUT2D eigenvalue weighted by Crippen LogP contribution is -2.50. The first kappa shape index (κ1) is 9.71. The molecule has 0 saturated carbocycles. The standard InChI is InChI=1S/C11H15NOS/c1-8(13)12-7-10-9(4-5-14-10)6-11(12,2)3/h4-5H,6-7H2,1-3H3. The van der Waals surface area contributed by atoms with Crippen LogP contribution in [0.4, 0.5) is 0 Å². The number of hydrogen-bond donors (Lipinski definition) is 0. The van der Waals surface area contributed by atoms with Crippen LogP contribution in [0.5, 0.6) is 0 Å². The van der Waals surface area contributed by atoms with Gasteiger partial charge in [0, 0.05) is 17.3 Å². The summed E-state index contributed by atoms with van der Waals surface area (Å²) in [5, 5.41) is 2.12. The topological polar surface area (TPSA) is 20.3 Å².